The molecular weight excluding hydrogens is 593 g/mol. The van der Waals surface area contributed by atoms with Crippen LogP contribution in [0.1, 0.15) is 54.7 Å². The molecule has 6 rings (SSSR count). The Morgan fingerprint density at radius 1 is 1.07 bits per heavy atom. The van der Waals surface area contributed by atoms with Gasteiger partial charge < -0.3 is 9.72 Å². The first-order valence-corrected chi connectivity index (χ1v) is 15.0. The molecule has 45 heavy (non-hydrogen) atoms. The van der Waals surface area contributed by atoms with E-state index in [1.807, 2.05) is 6.92 Å². The number of carbonyl (C=O) groups is 1. The van der Waals surface area contributed by atoms with Gasteiger partial charge in [-0.15, -0.1) is 0 Å². The van der Waals surface area contributed by atoms with E-state index in [-0.39, 0.29) is 35.0 Å². The molecular formula is C30H33F3N8O4. The molecule has 238 valence electrons. The molecule has 4 aromatic rings. The van der Waals surface area contributed by atoms with E-state index >= 15 is 0 Å². The highest BCUT2D eigenvalue weighted by atomic mass is 19.4. The number of aryl methyl sites for hydroxylation is 1. The van der Waals surface area contributed by atoms with Gasteiger partial charge in [0.2, 0.25) is 0 Å². The number of pyridine rings is 2. The van der Waals surface area contributed by atoms with Gasteiger partial charge in [0, 0.05) is 56.7 Å². The van der Waals surface area contributed by atoms with E-state index in [0.717, 1.165) is 44.3 Å². The van der Waals surface area contributed by atoms with Crippen molar-refractivity contribution in [2.45, 2.75) is 51.4 Å². The lowest BCUT2D eigenvalue weighted by Gasteiger charge is -2.28. The van der Waals surface area contributed by atoms with Crippen LogP contribution in [0.25, 0.3) is 22.6 Å². The van der Waals surface area contributed by atoms with Crippen LogP contribution in [0.15, 0.2) is 46.2 Å². The topological polar surface area (TPSA) is 131 Å². The molecule has 2 fully saturated rings. The Bertz CT molecular complexity index is 1790. The lowest BCUT2D eigenvalue weighted by molar-refractivity contribution is -0.141. The first-order chi connectivity index (χ1) is 21.7. The molecule has 0 spiro atoms. The minimum Gasteiger partial charge on any atom is -0.379 e. The third kappa shape index (κ3) is 6.40. The maximum absolute atomic E-state index is 13.6. The van der Waals surface area contributed by atoms with Crippen molar-refractivity contribution in [2.24, 2.45) is 0 Å². The molecule has 0 unspecified atom stereocenters. The summed E-state index contributed by atoms with van der Waals surface area (Å²) in [6, 6.07) is 5.10. The number of nitrogens with one attached hydrogen (secondary N) is 1. The minimum atomic E-state index is -4.62. The normalized spacial score (nSPS) is 15.9. The van der Waals surface area contributed by atoms with Gasteiger partial charge in [-0.25, -0.2) is 14.8 Å². The maximum Gasteiger partial charge on any atom is 0.433 e. The third-order valence-electron chi connectivity index (χ3n) is 7.97. The molecule has 1 N–H and O–H groups in total. The number of hydrogen-bond acceptors (Lipinski definition) is 8. The van der Waals surface area contributed by atoms with Crippen LogP contribution in [0.5, 0.6) is 0 Å². The predicted molar refractivity (Wildman–Crippen MR) is 159 cm³/mol. The number of morpholine rings is 1. The van der Waals surface area contributed by atoms with E-state index in [1.165, 1.54) is 20.2 Å². The SMILES string of the molecule is CCCn1c(=O)n(C2CC2)c(=O)c2[nH]c(-c3ccc(N(CCCN4CCOCC4)C(=O)c4ccc(C(F)(F)F)nc4)nc3)nc21. The van der Waals surface area contributed by atoms with Gasteiger partial charge in [-0.2, -0.15) is 13.2 Å². The number of amides is 1. The Morgan fingerprint density at radius 3 is 2.47 bits per heavy atom. The molecule has 5 heterocycles. The van der Waals surface area contributed by atoms with Crippen molar-refractivity contribution in [1.82, 2.24) is 34.0 Å². The van der Waals surface area contributed by atoms with Crippen molar-refractivity contribution < 1.29 is 22.7 Å². The Hall–Kier alpha value is -4.37. The Morgan fingerprint density at radius 2 is 1.84 bits per heavy atom. The van der Waals surface area contributed by atoms with Crippen molar-refractivity contribution in [3.8, 4) is 11.4 Å². The van der Waals surface area contributed by atoms with E-state index in [1.54, 1.807) is 12.1 Å². The predicted octanol–water partition coefficient (Wildman–Crippen LogP) is 3.48. The summed E-state index contributed by atoms with van der Waals surface area (Å²) in [7, 11) is 0. The van der Waals surface area contributed by atoms with Gasteiger partial charge in [-0.3, -0.25) is 33.5 Å². The monoisotopic (exact) mass is 626 g/mol. The van der Waals surface area contributed by atoms with Gasteiger partial charge in [-0.1, -0.05) is 6.92 Å². The summed E-state index contributed by atoms with van der Waals surface area (Å²) in [6.07, 6.45) is 0.639. The van der Waals surface area contributed by atoms with Gasteiger partial charge in [0.1, 0.15) is 22.9 Å². The van der Waals surface area contributed by atoms with Crippen molar-refractivity contribution in [3.63, 3.8) is 0 Å². The van der Waals surface area contributed by atoms with Crippen molar-refractivity contribution >= 4 is 22.9 Å². The second-order valence-electron chi connectivity index (χ2n) is 11.2. The zero-order valence-electron chi connectivity index (χ0n) is 24.7. The number of hydrogen-bond donors (Lipinski definition) is 1. The zero-order valence-corrected chi connectivity index (χ0v) is 24.7. The Kier molecular flexibility index (Phi) is 8.55. The molecule has 1 aliphatic heterocycles. The van der Waals surface area contributed by atoms with Gasteiger partial charge in [0.25, 0.3) is 11.5 Å². The summed E-state index contributed by atoms with van der Waals surface area (Å²) >= 11 is 0. The summed E-state index contributed by atoms with van der Waals surface area (Å²) in [5.74, 6) is 0.100. The summed E-state index contributed by atoms with van der Waals surface area (Å²) in [5, 5.41) is 0. The number of aromatic nitrogens is 6. The molecule has 0 atom stereocenters. The van der Waals surface area contributed by atoms with E-state index in [4.69, 9.17) is 4.74 Å². The second kappa shape index (κ2) is 12.6. The molecule has 1 saturated heterocycles. The number of fused-ring (bicyclic) bond motifs is 1. The summed E-state index contributed by atoms with van der Waals surface area (Å²) in [5.41, 5.74) is -0.818. The number of imidazole rings is 1. The fraction of sp³-hybridized carbons (Fsp3) is 0.467. The molecule has 12 nitrogen and oxygen atoms in total. The van der Waals surface area contributed by atoms with Crippen LogP contribution >= 0.6 is 0 Å². The molecule has 0 aromatic carbocycles. The van der Waals surface area contributed by atoms with Gasteiger partial charge in [0.15, 0.2) is 5.65 Å². The van der Waals surface area contributed by atoms with Crippen LogP contribution in [-0.4, -0.2) is 79.3 Å². The smallest absolute Gasteiger partial charge is 0.379 e. The third-order valence-corrected chi connectivity index (χ3v) is 7.97. The van der Waals surface area contributed by atoms with Crippen molar-refractivity contribution in [2.75, 3.05) is 44.3 Å². The van der Waals surface area contributed by atoms with Crippen molar-refractivity contribution in [1.29, 1.82) is 0 Å². The number of aromatic amines is 1. The van der Waals surface area contributed by atoms with E-state index < -0.39 is 23.3 Å². The standard InChI is InChI=1S/C30H33F3N8O4/c1-2-10-40-26-24(28(43)41(29(40)44)21-6-7-21)36-25(37-26)19-5-9-23(35-17-19)39(12-3-11-38-13-15-45-16-14-38)27(42)20-4-8-22(34-18-20)30(31,32)33/h4-5,8-9,17-18,21H,2-3,6-7,10-16H2,1H3,(H,36,37). The number of alkyl halides is 3. The first kappa shape index (κ1) is 30.6. The van der Waals surface area contributed by atoms with Crippen molar-refractivity contribution in [3.05, 3.63) is 68.8 Å². The largest absolute Gasteiger partial charge is 0.433 e. The first-order valence-electron chi connectivity index (χ1n) is 15.0. The number of carbonyl (C=O) groups excluding carboxylic acids is 1. The maximum atomic E-state index is 13.6. The van der Waals surface area contributed by atoms with E-state index in [2.05, 4.69) is 24.8 Å². The van der Waals surface area contributed by atoms with Crippen LogP contribution in [0.4, 0.5) is 19.0 Å². The molecule has 1 saturated carbocycles. The van der Waals surface area contributed by atoms with E-state index in [9.17, 15) is 27.6 Å². The highest BCUT2D eigenvalue weighted by molar-refractivity contribution is 6.05. The number of rotatable bonds is 10. The number of ether oxygens (including phenoxy) is 1. The minimum absolute atomic E-state index is 0.00151. The highest BCUT2D eigenvalue weighted by Gasteiger charge is 2.33. The Labute approximate surface area is 255 Å². The molecule has 1 amide bonds. The van der Waals surface area contributed by atoms with Gasteiger partial charge in [-0.05, 0) is 49.9 Å². The fourth-order valence-corrected chi connectivity index (χ4v) is 5.48. The van der Waals surface area contributed by atoms with Gasteiger partial charge >= 0.3 is 11.9 Å². The zero-order chi connectivity index (χ0) is 31.7. The molecule has 15 heteroatoms. The lowest BCUT2D eigenvalue weighted by Crippen LogP contribution is -2.39. The van der Waals surface area contributed by atoms with Crippen LogP contribution in [0.2, 0.25) is 0 Å². The van der Waals surface area contributed by atoms with Crippen LogP contribution in [0, 0.1) is 0 Å². The van der Waals surface area contributed by atoms with E-state index in [0.29, 0.717) is 56.4 Å². The van der Waals surface area contributed by atoms with Crippen LogP contribution in [-0.2, 0) is 17.5 Å². The number of nitrogens with zero attached hydrogens (tertiary/aromatic N) is 7. The fourth-order valence-electron chi connectivity index (χ4n) is 5.48. The average Bonchev–Trinajstić information content (AvgIpc) is 3.77. The number of halogens is 3. The Balaban J connectivity index is 1.29. The molecule has 0 bridgehead atoms. The summed E-state index contributed by atoms with van der Waals surface area (Å²) in [6.45, 7) is 6.13. The summed E-state index contributed by atoms with van der Waals surface area (Å²) < 4.78 is 47.4. The molecule has 0 radical (unpaired) electrons. The lowest BCUT2D eigenvalue weighted by atomic mass is 10.2. The van der Waals surface area contributed by atoms with Crippen LogP contribution < -0.4 is 16.1 Å². The quantitative estimate of drug-likeness (QED) is 0.283. The number of anilines is 1. The highest BCUT2D eigenvalue weighted by Crippen LogP contribution is 2.33. The van der Waals surface area contributed by atoms with Crippen LogP contribution in [0.3, 0.4) is 0 Å². The number of H-pyrrole nitrogens is 1. The summed E-state index contributed by atoms with van der Waals surface area (Å²) in [4.78, 5) is 59.2. The molecule has 4 aromatic heterocycles. The van der Waals surface area contributed by atoms with Gasteiger partial charge in [0.05, 0.1) is 18.8 Å². The molecule has 2 aliphatic rings. The average molecular weight is 627 g/mol. The molecule has 1 aliphatic carbocycles. The second-order valence-corrected chi connectivity index (χ2v) is 11.2.